The largest absolute Gasteiger partial charge is 0.475 e. The maximum atomic E-state index is 14.8. The van der Waals surface area contributed by atoms with Crippen molar-refractivity contribution >= 4 is 25.9 Å². The van der Waals surface area contributed by atoms with E-state index in [1.54, 1.807) is 0 Å². The topological polar surface area (TPSA) is 168 Å². The van der Waals surface area contributed by atoms with E-state index >= 15 is 0 Å². The van der Waals surface area contributed by atoms with Gasteiger partial charge in [0.2, 0.25) is 0 Å². The fourth-order valence-electron chi connectivity index (χ4n) is 6.22. The fraction of sp³-hybridized carbons (Fsp3) is 0.533. The van der Waals surface area contributed by atoms with E-state index in [2.05, 4.69) is 52.7 Å². The summed E-state index contributed by atoms with van der Waals surface area (Å²) in [6, 6.07) is 24.3. The molecule has 14 heteroatoms. The van der Waals surface area contributed by atoms with Crippen LogP contribution in [0.4, 0.5) is 14.4 Å². The van der Waals surface area contributed by atoms with Crippen molar-refractivity contribution < 1.29 is 32.5 Å². The Balaban J connectivity index is 1.85. The van der Waals surface area contributed by atoms with Crippen LogP contribution in [0.3, 0.4) is 0 Å². The first kappa shape index (κ1) is 48.9. The molecule has 0 fully saturated rings. The number of benzene rings is 3. The van der Waals surface area contributed by atoms with Crippen molar-refractivity contribution in [2.75, 3.05) is 39.5 Å². The first-order valence-corrected chi connectivity index (χ1v) is 23.0. The molecular formula is C45H69N6O7P. The maximum absolute atomic E-state index is 14.8. The number of urea groups is 3. The van der Waals surface area contributed by atoms with E-state index < -0.39 is 44.0 Å². The summed E-state index contributed by atoms with van der Waals surface area (Å²) in [6.07, 6.45) is 12.1. The zero-order valence-corrected chi connectivity index (χ0v) is 36.3. The van der Waals surface area contributed by atoms with E-state index in [-0.39, 0.29) is 19.8 Å². The third kappa shape index (κ3) is 20.9. The van der Waals surface area contributed by atoms with Crippen molar-refractivity contribution in [3.05, 3.63) is 108 Å². The summed E-state index contributed by atoms with van der Waals surface area (Å²) < 4.78 is 33.2. The summed E-state index contributed by atoms with van der Waals surface area (Å²) in [5.41, 5.74) is 2.16. The van der Waals surface area contributed by atoms with Crippen LogP contribution in [0.15, 0.2) is 91.0 Å². The van der Waals surface area contributed by atoms with Crippen molar-refractivity contribution in [2.24, 2.45) is 0 Å². The van der Waals surface area contributed by atoms with Gasteiger partial charge in [-0.25, -0.2) is 18.9 Å². The minimum atomic E-state index is -4.49. The molecule has 0 saturated carbocycles. The molecule has 0 aliphatic carbocycles. The number of rotatable bonds is 30. The molecule has 0 saturated heterocycles. The van der Waals surface area contributed by atoms with E-state index in [1.807, 2.05) is 91.0 Å². The second-order valence-electron chi connectivity index (χ2n) is 14.6. The Morgan fingerprint density at radius 3 is 0.966 bits per heavy atom. The molecule has 13 nitrogen and oxygen atoms in total. The van der Waals surface area contributed by atoms with Crippen molar-refractivity contribution in [1.29, 1.82) is 0 Å². The van der Waals surface area contributed by atoms with Crippen molar-refractivity contribution in [3.63, 3.8) is 0 Å². The van der Waals surface area contributed by atoms with E-state index in [4.69, 9.17) is 13.6 Å². The van der Waals surface area contributed by atoms with Crippen LogP contribution in [0.1, 0.15) is 133 Å². The lowest BCUT2D eigenvalue weighted by Gasteiger charge is -2.27. The molecule has 3 atom stereocenters. The zero-order chi connectivity index (χ0) is 42.4. The molecular weight excluding hydrogens is 768 g/mol. The summed E-state index contributed by atoms with van der Waals surface area (Å²) in [6.45, 7) is 7.13. The molecule has 0 aromatic heterocycles. The highest BCUT2D eigenvalue weighted by atomic mass is 31.2. The predicted octanol–water partition coefficient (Wildman–Crippen LogP) is 10.0. The van der Waals surface area contributed by atoms with Gasteiger partial charge in [0, 0.05) is 19.6 Å². The minimum Gasteiger partial charge on any atom is -0.338 e. The van der Waals surface area contributed by atoms with E-state index in [9.17, 15) is 18.9 Å². The Bertz CT molecular complexity index is 1430. The number of carbonyl (C=O) groups is 3. The quantitative estimate of drug-likeness (QED) is 0.0287. The van der Waals surface area contributed by atoms with E-state index in [0.29, 0.717) is 19.6 Å². The van der Waals surface area contributed by atoms with Gasteiger partial charge >= 0.3 is 25.9 Å². The first-order chi connectivity index (χ1) is 28.8. The Labute approximate surface area is 352 Å². The molecule has 0 spiro atoms. The lowest BCUT2D eigenvalue weighted by molar-refractivity contribution is 0.0915. The van der Waals surface area contributed by atoms with Gasteiger partial charge < -0.3 is 31.9 Å². The van der Waals surface area contributed by atoms with Crippen LogP contribution in [0.2, 0.25) is 0 Å². The minimum absolute atomic E-state index is 0.270. The molecule has 6 N–H and O–H groups in total. The Kier molecular flexibility index (Phi) is 24.7. The third-order valence-corrected chi connectivity index (χ3v) is 11.1. The van der Waals surface area contributed by atoms with Gasteiger partial charge in [0.15, 0.2) is 0 Å². The smallest absolute Gasteiger partial charge is 0.338 e. The van der Waals surface area contributed by atoms with Gasteiger partial charge in [-0.15, -0.1) is 0 Å². The predicted molar refractivity (Wildman–Crippen MR) is 235 cm³/mol. The molecule has 326 valence electrons. The van der Waals surface area contributed by atoms with Crippen LogP contribution in [0.5, 0.6) is 0 Å². The molecule has 0 bridgehead atoms. The van der Waals surface area contributed by atoms with Crippen LogP contribution >= 0.6 is 7.82 Å². The highest BCUT2D eigenvalue weighted by Crippen LogP contribution is 2.51. The standard InChI is InChI=1S/C45H69N6O7P/c1-4-7-10-22-31-46-43(52)49-40(37-25-16-13-17-26-37)34-56-59(55,57-35-41(38-27-18-14-19-28-38)50-44(53)47-32-23-11-8-5-2)58-36-42(39-29-20-15-21-30-39)51-45(54)48-33-24-12-9-6-3/h13-21,25-30,40-42H,4-12,22-24,31-36H2,1-3H3,(H2,46,49,52)(H2,47,50,53)(H2,48,51,54)/t40-,41-,42-/m0/s1. The Morgan fingerprint density at radius 2 is 0.712 bits per heavy atom. The molecule has 0 heterocycles. The number of nitrogens with one attached hydrogen (secondary N) is 6. The van der Waals surface area contributed by atoms with Crippen LogP contribution in [-0.2, 0) is 18.1 Å². The molecule has 0 unspecified atom stereocenters. The van der Waals surface area contributed by atoms with Gasteiger partial charge in [-0.05, 0) is 36.0 Å². The molecule has 6 amide bonds. The van der Waals surface area contributed by atoms with Gasteiger partial charge in [0.1, 0.15) is 0 Å². The van der Waals surface area contributed by atoms with Crippen LogP contribution in [-0.4, -0.2) is 57.5 Å². The monoisotopic (exact) mass is 836 g/mol. The number of phosphoric acid groups is 1. The molecule has 3 aromatic carbocycles. The summed E-state index contributed by atoms with van der Waals surface area (Å²) in [5, 5.41) is 17.6. The van der Waals surface area contributed by atoms with Gasteiger partial charge in [-0.1, -0.05) is 170 Å². The molecule has 59 heavy (non-hydrogen) atoms. The van der Waals surface area contributed by atoms with Gasteiger partial charge in [-0.2, -0.15) is 0 Å². The average Bonchev–Trinajstić information content (AvgIpc) is 3.26. The SMILES string of the molecule is CCCCCCNC(=O)N[C@@H](COP(=O)(OC[C@H](NC(=O)NCCCCCC)c1ccccc1)OC[C@H](NC(=O)NCCCCCC)c1ccccc1)c1ccccc1. The van der Waals surface area contributed by atoms with Gasteiger partial charge in [0.25, 0.3) is 0 Å². The van der Waals surface area contributed by atoms with Crippen LogP contribution in [0.25, 0.3) is 0 Å². The fourth-order valence-corrected chi connectivity index (χ4v) is 7.44. The average molecular weight is 837 g/mol. The normalized spacial score (nSPS) is 12.8. The molecule has 0 aliphatic heterocycles. The molecule has 3 aromatic rings. The lowest BCUT2D eigenvalue weighted by Crippen LogP contribution is -2.41. The van der Waals surface area contributed by atoms with E-state index in [1.165, 1.54) is 0 Å². The third-order valence-electron chi connectivity index (χ3n) is 9.67. The van der Waals surface area contributed by atoms with E-state index in [0.717, 1.165) is 93.7 Å². The van der Waals surface area contributed by atoms with Crippen molar-refractivity contribution in [3.8, 4) is 0 Å². The number of phosphoric ester groups is 1. The maximum Gasteiger partial charge on any atom is 0.475 e. The Hall–Kier alpha value is -4.42. The lowest BCUT2D eigenvalue weighted by atomic mass is 10.1. The highest BCUT2D eigenvalue weighted by Gasteiger charge is 2.33. The zero-order valence-electron chi connectivity index (χ0n) is 35.4. The number of hydrogen-bond acceptors (Lipinski definition) is 7. The highest BCUT2D eigenvalue weighted by molar-refractivity contribution is 7.48. The van der Waals surface area contributed by atoms with Crippen molar-refractivity contribution in [1.82, 2.24) is 31.9 Å². The second kappa shape index (κ2) is 29.7. The first-order valence-electron chi connectivity index (χ1n) is 21.6. The summed E-state index contributed by atoms with van der Waals surface area (Å²) in [4.78, 5) is 39.3. The van der Waals surface area contributed by atoms with Gasteiger partial charge in [-0.3, -0.25) is 13.6 Å². The number of unbranched alkanes of at least 4 members (excludes halogenated alkanes) is 9. The number of carbonyl (C=O) groups excluding carboxylic acids is 3. The summed E-state index contributed by atoms with van der Waals surface area (Å²) >= 11 is 0. The van der Waals surface area contributed by atoms with Crippen molar-refractivity contribution in [2.45, 2.75) is 116 Å². The molecule has 3 rings (SSSR count). The molecule has 0 radical (unpaired) electrons. The molecule has 0 aliphatic rings. The van der Waals surface area contributed by atoms with Crippen LogP contribution < -0.4 is 31.9 Å². The Morgan fingerprint density at radius 1 is 0.441 bits per heavy atom. The van der Waals surface area contributed by atoms with Gasteiger partial charge in [0.05, 0.1) is 37.9 Å². The number of amides is 6. The number of hydrogen-bond donors (Lipinski definition) is 6. The summed E-state index contributed by atoms with van der Waals surface area (Å²) in [5.74, 6) is 0. The van der Waals surface area contributed by atoms with Crippen LogP contribution in [0, 0.1) is 0 Å². The second-order valence-corrected chi connectivity index (χ2v) is 16.3. The summed E-state index contributed by atoms with van der Waals surface area (Å²) in [7, 11) is -4.49.